The Kier molecular flexibility index (Phi) is 8.87. The van der Waals surface area contributed by atoms with E-state index in [0.29, 0.717) is 0 Å². The van der Waals surface area contributed by atoms with Crippen molar-refractivity contribution in [1.29, 1.82) is 0 Å². The van der Waals surface area contributed by atoms with Crippen LogP contribution in [0.4, 0.5) is 0 Å². The third kappa shape index (κ3) is 4.36. The molecule has 0 heterocycles. The summed E-state index contributed by atoms with van der Waals surface area (Å²) in [7, 11) is -1.91. The van der Waals surface area contributed by atoms with Crippen molar-refractivity contribution in [3.05, 3.63) is 121 Å². The van der Waals surface area contributed by atoms with Crippen LogP contribution in [0.2, 0.25) is 0 Å². The Balaban J connectivity index is 0.000000906. The first-order chi connectivity index (χ1) is 13.4. The van der Waals surface area contributed by atoms with Gasteiger partial charge < -0.3 is 12.4 Å². The van der Waals surface area contributed by atoms with Crippen LogP contribution in [0, 0.1) is 0 Å². The van der Waals surface area contributed by atoms with E-state index in [1.54, 1.807) is 0 Å². The van der Waals surface area contributed by atoms with Crippen molar-refractivity contribution in [2.75, 3.05) is 0 Å². The van der Waals surface area contributed by atoms with Gasteiger partial charge in [0.25, 0.3) is 0 Å². The van der Waals surface area contributed by atoms with E-state index in [4.69, 9.17) is 3.57 Å². The summed E-state index contributed by atoms with van der Waals surface area (Å²) < 4.78 is 8.38. The van der Waals surface area contributed by atoms with Gasteiger partial charge in [-0.2, -0.15) is 0 Å². The van der Waals surface area contributed by atoms with Crippen LogP contribution in [0.3, 0.4) is 0 Å². The van der Waals surface area contributed by atoms with E-state index in [1.807, 2.05) is 0 Å². The summed E-state index contributed by atoms with van der Waals surface area (Å²) >= 11 is 0.125. The second kappa shape index (κ2) is 11.1. The Labute approximate surface area is 183 Å². The van der Waals surface area contributed by atoms with Crippen LogP contribution in [-0.4, -0.2) is 0 Å². The number of hydrogen-bond donors (Lipinski definition) is 0. The van der Waals surface area contributed by atoms with Gasteiger partial charge in [0.05, 0.1) is 0 Å². The van der Waals surface area contributed by atoms with Crippen LogP contribution in [0.5, 0.6) is 0 Å². The summed E-state index contributed by atoms with van der Waals surface area (Å²) in [5.74, 6) is 0. The summed E-state index contributed by atoms with van der Waals surface area (Å²) in [5, 5.41) is 5.55. The molecule has 0 saturated carbocycles. The minimum absolute atomic E-state index is 0. The van der Waals surface area contributed by atoms with E-state index in [0.717, 1.165) is 0 Å². The molecule has 28 heavy (non-hydrogen) atoms. The van der Waals surface area contributed by atoms with Crippen LogP contribution >= 0.6 is 7.26 Å². The molecule has 0 aromatic heterocycles. The first-order valence-corrected chi connectivity index (χ1v) is 11.8. The van der Waals surface area contributed by atoms with Gasteiger partial charge in [-0.25, -0.2) is 0 Å². The average molecular weight is 456 g/mol. The van der Waals surface area contributed by atoms with Crippen molar-refractivity contribution in [1.82, 2.24) is 0 Å². The summed E-state index contributed by atoms with van der Waals surface area (Å²) in [5.41, 5.74) is 0. The molecule has 0 unspecified atom stereocenters. The Morgan fingerprint density at radius 2 is 0.571 bits per heavy atom. The van der Waals surface area contributed by atoms with Crippen LogP contribution in [0.1, 0.15) is 0 Å². The minimum atomic E-state index is -1.91. The van der Waals surface area contributed by atoms with Crippen LogP contribution in [0.25, 0.3) is 0 Å². The van der Waals surface area contributed by atoms with Crippen LogP contribution < -0.4 is 33.6 Å². The first kappa shape index (κ1) is 22.3. The molecule has 4 rings (SSSR count). The predicted octanol–water partition coefficient (Wildman–Crippen LogP) is 1.19. The van der Waals surface area contributed by atoms with Crippen molar-refractivity contribution >= 4 is 28.5 Å². The molecule has 0 atom stereocenters. The second-order valence-electron chi connectivity index (χ2n) is 6.01. The summed E-state index contributed by atoms with van der Waals surface area (Å²) in [6.45, 7) is 0. The van der Waals surface area contributed by atoms with Crippen LogP contribution in [0.15, 0.2) is 121 Å². The van der Waals surface area contributed by atoms with Crippen LogP contribution in [-0.2, 0) is 21.8 Å². The predicted molar refractivity (Wildman–Crippen MR) is 112 cm³/mol. The monoisotopic (exact) mass is 454 g/mol. The molecule has 4 aromatic carbocycles. The van der Waals surface area contributed by atoms with Gasteiger partial charge in [-0.15, -0.1) is 0 Å². The maximum atomic E-state index is 8.38. The van der Waals surface area contributed by atoms with Gasteiger partial charge in [0.15, 0.2) is 0 Å². The van der Waals surface area contributed by atoms with Crippen molar-refractivity contribution < 1.29 is 34.2 Å². The molecular formula is C24H20ClOPZn. The zero-order valence-electron chi connectivity index (χ0n) is 15.5. The van der Waals surface area contributed by atoms with Gasteiger partial charge in [0.2, 0.25) is 0 Å². The summed E-state index contributed by atoms with van der Waals surface area (Å²) in [6, 6.07) is 43.8. The summed E-state index contributed by atoms with van der Waals surface area (Å²) in [4.78, 5) is 0. The third-order valence-corrected chi connectivity index (χ3v) is 8.86. The van der Waals surface area contributed by atoms with E-state index < -0.39 is 7.26 Å². The molecule has 4 aromatic rings. The van der Waals surface area contributed by atoms with Gasteiger partial charge >= 0.3 is 21.8 Å². The van der Waals surface area contributed by atoms with Crippen molar-refractivity contribution in [2.45, 2.75) is 0 Å². The van der Waals surface area contributed by atoms with E-state index in [9.17, 15) is 0 Å². The quantitative estimate of drug-likeness (QED) is 0.333. The Morgan fingerprint density at radius 3 is 0.750 bits per heavy atom. The molecule has 0 aliphatic rings. The first-order valence-electron chi connectivity index (χ1n) is 8.83. The Hall–Kier alpha value is -1.98. The van der Waals surface area contributed by atoms with E-state index in [-0.39, 0.29) is 30.7 Å². The van der Waals surface area contributed by atoms with Crippen molar-refractivity contribution in [3.8, 4) is 0 Å². The maximum absolute atomic E-state index is 8.38. The molecule has 0 radical (unpaired) electrons. The standard InChI is InChI=1S/C24H20P.ClH.O.Zn/c1-5-13-21(14-6-1)25(22-15-7-2-8-16-22,23-17-9-3-10-18-23)24-19-11-4-12-20-24;;;/h1-20H;1H;;/q+1;;;/p-1. The molecule has 1 nitrogen and oxygen atoms in total. The van der Waals surface area contributed by atoms with Gasteiger partial charge in [-0.05, 0) is 48.5 Å². The maximum Gasteiger partial charge on any atom is 0.144 e. The average Bonchev–Trinajstić information content (AvgIpc) is 2.79. The molecule has 0 fully saturated rings. The zero-order valence-corrected chi connectivity index (χ0v) is 20.1. The zero-order chi connectivity index (χ0) is 19.0. The van der Waals surface area contributed by atoms with Crippen molar-refractivity contribution in [3.63, 3.8) is 0 Å². The Morgan fingerprint density at radius 1 is 0.393 bits per heavy atom. The molecule has 0 N–H and O–H groups in total. The SMILES string of the molecule is [Cl-].[O]=[Zn].c1ccc([P+](c2ccccc2)(c2ccccc2)c2ccccc2)cc1. The fourth-order valence-corrected chi connectivity index (χ4v) is 7.77. The number of halogens is 1. The van der Waals surface area contributed by atoms with Gasteiger partial charge in [0, 0.05) is 0 Å². The fraction of sp³-hybridized carbons (Fsp3) is 0. The molecule has 0 bridgehead atoms. The normalized spacial score (nSPS) is 10.2. The third-order valence-electron chi connectivity index (χ3n) is 4.57. The number of rotatable bonds is 4. The van der Waals surface area contributed by atoms with E-state index in [2.05, 4.69) is 121 Å². The molecule has 0 amide bonds. The topological polar surface area (TPSA) is 17.1 Å². The number of benzene rings is 4. The molecule has 0 saturated heterocycles. The van der Waals surface area contributed by atoms with Gasteiger partial charge in [-0.3, -0.25) is 0 Å². The fourth-order valence-electron chi connectivity index (χ4n) is 3.50. The van der Waals surface area contributed by atoms with Gasteiger partial charge in [-0.1, -0.05) is 72.8 Å². The molecule has 0 aliphatic carbocycles. The van der Waals surface area contributed by atoms with Gasteiger partial charge in [0.1, 0.15) is 28.5 Å². The molecular weight excluding hydrogens is 436 g/mol. The Bertz CT molecular complexity index is 787. The van der Waals surface area contributed by atoms with E-state index in [1.165, 1.54) is 21.2 Å². The second-order valence-corrected chi connectivity index (χ2v) is 9.42. The number of hydrogen-bond acceptors (Lipinski definition) is 1. The molecule has 136 valence electrons. The molecule has 0 aliphatic heterocycles. The summed E-state index contributed by atoms with van der Waals surface area (Å²) in [6.07, 6.45) is 0. The molecule has 4 heteroatoms. The smallest absolute Gasteiger partial charge is 0.0620 e. The van der Waals surface area contributed by atoms with E-state index >= 15 is 0 Å². The van der Waals surface area contributed by atoms with Crippen molar-refractivity contribution in [2.24, 2.45) is 0 Å². The minimum Gasteiger partial charge on any atom is -0.0620 e. The largest absolute Gasteiger partial charge is 0.144 e. The molecule has 0 spiro atoms.